The van der Waals surface area contributed by atoms with Gasteiger partial charge in [0.15, 0.2) is 11.5 Å². The van der Waals surface area contributed by atoms with Gasteiger partial charge in [0.2, 0.25) is 11.8 Å². The largest absolute Gasteiger partial charge is 0.493 e. The van der Waals surface area contributed by atoms with Crippen molar-refractivity contribution >= 4 is 17.9 Å². The highest BCUT2D eigenvalue weighted by molar-refractivity contribution is 5.83. The Labute approximate surface area is 295 Å². The van der Waals surface area contributed by atoms with E-state index < -0.39 is 40.8 Å². The smallest absolute Gasteiger partial charge is 0.412 e. The van der Waals surface area contributed by atoms with Crippen molar-refractivity contribution in [2.75, 3.05) is 34.0 Å². The van der Waals surface area contributed by atoms with Crippen LogP contribution in [-0.2, 0) is 30.2 Å². The minimum absolute atomic E-state index is 0.0258. The Kier molecular flexibility index (Phi) is 15.3. The third-order valence-corrected chi connectivity index (χ3v) is 9.33. The zero-order valence-corrected chi connectivity index (χ0v) is 32.4. The van der Waals surface area contributed by atoms with Crippen LogP contribution in [-0.4, -0.2) is 80.3 Å². The van der Waals surface area contributed by atoms with Crippen molar-refractivity contribution in [2.24, 2.45) is 34.8 Å². The van der Waals surface area contributed by atoms with E-state index in [2.05, 4.69) is 25.2 Å². The molecule has 1 fully saturated rings. The number of amides is 3. The second-order valence-electron chi connectivity index (χ2n) is 16.2. The predicted octanol–water partition coefficient (Wildman–Crippen LogP) is 6.35. The molecule has 280 valence electrons. The van der Waals surface area contributed by atoms with E-state index >= 15 is 0 Å². The third-order valence-electron chi connectivity index (χ3n) is 9.33. The first-order chi connectivity index (χ1) is 22.6. The topological polar surface area (TPSA) is 139 Å². The van der Waals surface area contributed by atoms with Crippen molar-refractivity contribution in [3.8, 4) is 11.5 Å². The van der Waals surface area contributed by atoms with Crippen molar-refractivity contribution in [1.82, 2.24) is 10.2 Å². The van der Waals surface area contributed by atoms with Gasteiger partial charge in [-0.3, -0.25) is 14.5 Å². The fourth-order valence-corrected chi connectivity index (χ4v) is 6.21. The number of hydrogen-bond acceptors (Lipinski definition) is 8. The van der Waals surface area contributed by atoms with Crippen LogP contribution in [0.25, 0.3) is 0 Å². The highest BCUT2D eigenvalue weighted by Gasteiger charge is 2.52. The molecule has 11 heteroatoms. The number of primary amides is 1. The molecule has 1 heterocycles. The molecule has 11 nitrogen and oxygen atoms in total. The van der Waals surface area contributed by atoms with Gasteiger partial charge < -0.3 is 34.7 Å². The Morgan fingerprint density at radius 2 is 1.63 bits per heavy atom. The highest BCUT2D eigenvalue weighted by atomic mass is 16.6. The Morgan fingerprint density at radius 1 is 0.980 bits per heavy atom. The number of nitrogens with two attached hydrogens (primary N) is 1. The minimum Gasteiger partial charge on any atom is -0.493 e. The van der Waals surface area contributed by atoms with Crippen LogP contribution in [0.2, 0.25) is 0 Å². The molecule has 0 bridgehead atoms. The molecule has 4 atom stereocenters. The van der Waals surface area contributed by atoms with Crippen molar-refractivity contribution in [1.29, 1.82) is 0 Å². The summed E-state index contributed by atoms with van der Waals surface area (Å²) in [6.45, 7) is 22.4. The van der Waals surface area contributed by atoms with Gasteiger partial charge in [0.25, 0.3) is 0 Å². The fraction of sp³-hybridized carbons (Fsp3) is 0.763. The zero-order chi connectivity index (χ0) is 37.3. The number of methoxy groups -OCH3 is 2. The summed E-state index contributed by atoms with van der Waals surface area (Å²) in [5.74, 6) is 0.653. The number of carbonyl (C=O) groups is 3. The molecule has 1 aliphatic rings. The number of rotatable bonds is 18. The lowest BCUT2D eigenvalue weighted by molar-refractivity contribution is -0.131. The molecule has 0 radical (unpaired) electrons. The van der Waals surface area contributed by atoms with E-state index in [9.17, 15) is 14.4 Å². The average Bonchev–Trinajstić information content (AvgIpc) is 3.24. The molecule has 0 aliphatic carbocycles. The van der Waals surface area contributed by atoms with Gasteiger partial charge in [-0.15, -0.1) is 0 Å². The second-order valence-corrected chi connectivity index (χ2v) is 16.2. The number of nitrogens with one attached hydrogen (secondary N) is 1. The molecule has 1 aromatic carbocycles. The Morgan fingerprint density at radius 3 is 2.16 bits per heavy atom. The quantitative estimate of drug-likeness (QED) is 0.170. The van der Waals surface area contributed by atoms with Gasteiger partial charge in [-0.05, 0) is 103 Å². The van der Waals surface area contributed by atoms with E-state index in [0.29, 0.717) is 37.6 Å². The van der Waals surface area contributed by atoms with Crippen molar-refractivity contribution < 1.29 is 38.1 Å². The molecule has 1 saturated heterocycles. The van der Waals surface area contributed by atoms with Crippen LogP contribution in [0.1, 0.15) is 101 Å². The molecule has 1 aromatic rings. The maximum Gasteiger partial charge on any atom is 0.412 e. The van der Waals surface area contributed by atoms with Crippen LogP contribution < -0.4 is 20.5 Å². The van der Waals surface area contributed by atoms with Crippen molar-refractivity contribution in [3.05, 3.63) is 23.8 Å². The lowest BCUT2D eigenvalue weighted by Gasteiger charge is -2.37. The van der Waals surface area contributed by atoms with Crippen LogP contribution in [0.3, 0.4) is 0 Å². The summed E-state index contributed by atoms with van der Waals surface area (Å²) in [6, 6.07) is 5.66. The standard InChI is InChI=1S/C38H65N3O8/c1-24(2)27(19-26-15-16-30(46-13)32(20-26)47-18-14-17-45-12)21-29-31(48-38(10,11)41(29)35(44)49-36(5,6)7)22-28(25(3)4)33(42)40-23-37(8,9)34(39)43/h15-16,20,24-25,27-29,31H,14,17-19,21-23H2,1-13H3,(H2,39,43)(H,40,42). The fourth-order valence-electron chi connectivity index (χ4n) is 6.21. The molecule has 3 amide bonds. The maximum absolute atomic E-state index is 13.9. The second kappa shape index (κ2) is 17.7. The van der Waals surface area contributed by atoms with Gasteiger partial charge in [-0.25, -0.2) is 4.79 Å². The van der Waals surface area contributed by atoms with Crippen LogP contribution in [0.4, 0.5) is 4.79 Å². The van der Waals surface area contributed by atoms with Gasteiger partial charge >= 0.3 is 6.09 Å². The maximum atomic E-state index is 13.9. The first-order valence-corrected chi connectivity index (χ1v) is 17.7. The Bertz CT molecular complexity index is 1240. The monoisotopic (exact) mass is 691 g/mol. The number of nitrogens with zero attached hydrogens (tertiary/aromatic N) is 1. The van der Waals surface area contributed by atoms with E-state index in [0.717, 1.165) is 18.4 Å². The molecule has 1 aliphatic heterocycles. The summed E-state index contributed by atoms with van der Waals surface area (Å²) in [7, 11) is 3.30. The zero-order valence-electron chi connectivity index (χ0n) is 32.4. The Balaban J connectivity index is 2.47. The van der Waals surface area contributed by atoms with Crippen molar-refractivity contribution in [3.63, 3.8) is 0 Å². The van der Waals surface area contributed by atoms with Gasteiger partial charge in [-0.2, -0.15) is 0 Å². The number of hydrogen-bond donors (Lipinski definition) is 2. The first kappa shape index (κ1) is 42.1. The lowest BCUT2D eigenvalue weighted by atomic mass is 9.80. The van der Waals surface area contributed by atoms with E-state index in [1.807, 2.05) is 60.6 Å². The van der Waals surface area contributed by atoms with Crippen molar-refractivity contribution in [2.45, 2.75) is 125 Å². The predicted molar refractivity (Wildman–Crippen MR) is 191 cm³/mol. The van der Waals surface area contributed by atoms with E-state index in [4.69, 9.17) is 29.4 Å². The number of benzene rings is 1. The molecular formula is C38H65N3O8. The Hall–Kier alpha value is -3.05. The SMILES string of the molecule is COCCCOc1cc(CC(CC2C(CC(C(=O)NCC(C)(C)C(N)=O)C(C)C)OC(C)(C)N2C(=O)OC(C)(C)C)C(C)C)ccc1OC. The van der Waals surface area contributed by atoms with Crippen LogP contribution in [0.5, 0.6) is 11.5 Å². The molecule has 2 rings (SSSR count). The molecule has 0 spiro atoms. The normalized spacial score (nSPS) is 19.1. The molecule has 0 aromatic heterocycles. The molecule has 49 heavy (non-hydrogen) atoms. The summed E-state index contributed by atoms with van der Waals surface area (Å²) < 4.78 is 29.4. The third kappa shape index (κ3) is 12.3. The summed E-state index contributed by atoms with van der Waals surface area (Å²) in [6.07, 6.45) is 1.62. The molecule has 3 N–H and O–H groups in total. The summed E-state index contributed by atoms with van der Waals surface area (Å²) in [5.41, 5.74) is 4.09. The van der Waals surface area contributed by atoms with Gasteiger partial charge in [0.05, 0.1) is 31.3 Å². The van der Waals surface area contributed by atoms with Gasteiger partial charge in [-0.1, -0.05) is 33.8 Å². The van der Waals surface area contributed by atoms with Crippen LogP contribution in [0, 0.1) is 29.1 Å². The van der Waals surface area contributed by atoms with Crippen LogP contribution in [0.15, 0.2) is 18.2 Å². The first-order valence-electron chi connectivity index (χ1n) is 17.7. The van der Waals surface area contributed by atoms with E-state index in [1.54, 1.807) is 33.0 Å². The highest BCUT2D eigenvalue weighted by Crippen LogP contribution is 2.42. The minimum atomic E-state index is -0.978. The molecule has 0 saturated carbocycles. The van der Waals surface area contributed by atoms with Gasteiger partial charge in [0.1, 0.15) is 11.3 Å². The molecule has 4 unspecified atom stereocenters. The summed E-state index contributed by atoms with van der Waals surface area (Å²) in [4.78, 5) is 41.2. The van der Waals surface area contributed by atoms with Gasteiger partial charge in [0, 0.05) is 32.6 Å². The number of carbonyl (C=O) groups excluding carboxylic acids is 3. The average molecular weight is 692 g/mol. The van der Waals surface area contributed by atoms with E-state index in [-0.39, 0.29) is 36.2 Å². The molecular weight excluding hydrogens is 626 g/mol. The van der Waals surface area contributed by atoms with Crippen LogP contribution >= 0.6 is 0 Å². The van der Waals surface area contributed by atoms with E-state index in [1.165, 1.54) is 0 Å². The summed E-state index contributed by atoms with van der Waals surface area (Å²) >= 11 is 0. The number of ether oxygens (including phenoxy) is 5. The lowest BCUT2D eigenvalue weighted by Crippen LogP contribution is -2.51. The summed E-state index contributed by atoms with van der Waals surface area (Å²) in [5, 5.41) is 2.96.